The van der Waals surface area contributed by atoms with Crippen LogP contribution in [0.25, 0.3) is 0 Å². The van der Waals surface area contributed by atoms with Gasteiger partial charge in [-0.2, -0.15) is 0 Å². The number of benzene rings is 1. The van der Waals surface area contributed by atoms with E-state index in [2.05, 4.69) is 22.1 Å². The summed E-state index contributed by atoms with van der Waals surface area (Å²) in [6.07, 6.45) is 10.2. The third-order valence-electron chi connectivity index (χ3n) is 4.29. The zero-order chi connectivity index (χ0) is 15.2. The predicted molar refractivity (Wildman–Crippen MR) is 85.5 cm³/mol. The van der Waals surface area contributed by atoms with Crippen LogP contribution in [0.5, 0.6) is 0 Å². The largest absolute Gasteiger partial charge is 0.334 e. The summed E-state index contributed by atoms with van der Waals surface area (Å²) in [5.41, 5.74) is 1.71. The number of carbonyl (C=O) groups is 1. The zero-order valence-corrected chi connectivity index (χ0v) is 12.7. The lowest BCUT2D eigenvalue weighted by Gasteiger charge is -2.28. The van der Waals surface area contributed by atoms with Gasteiger partial charge in [-0.25, -0.2) is 4.98 Å². The summed E-state index contributed by atoms with van der Waals surface area (Å²) < 4.78 is 0. The van der Waals surface area contributed by atoms with Crippen LogP contribution >= 0.6 is 0 Å². The number of hydrogen-bond donors (Lipinski definition) is 0. The number of nitrogens with zero attached hydrogens (tertiary/aromatic N) is 3. The lowest BCUT2D eigenvalue weighted by molar-refractivity contribution is 0.0677. The molecule has 0 aliphatic heterocycles. The van der Waals surface area contributed by atoms with E-state index < -0.39 is 0 Å². The van der Waals surface area contributed by atoms with Crippen LogP contribution in [0.4, 0.5) is 0 Å². The lowest BCUT2D eigenvalue weighted by atomic mass is 10.1. The smallest absolute Gasteiger partial charge is 0.274 e. The van der Waals surface area contributed by atoms with Gasteiger partial charge in [-0.3, -0.25) is 9.78 Å². The topological polar surface area (TPSA) is 46.1 Å². The average Bonchev–Trinajstić information content (AvgIpc) is 3.11. The number of aromatic nitrogens is 2. The van der Waals surface area contributed by atoms with Crippen LogP contribution in [0.3, 0.4) is 0 Å². The monoisotopic (exact) mass is 295 g/mol. The first-order chi connectivity index (χ1) is 10.8. The van der Waals surface area contributed by atoms with E-state index in [1.54, 1.807) is 18.6 Å². The van der Waals surface area contributed by atoms with Crippen LogP contribution in [0.1, 0.15) is 41.7 Å². The van der Waals surface area contributed by atoms with Crippen molar-refractivity contribution < 1.29 is 4.79 Å². The van der Waals surface area contributed by atoms with Crippen LogP contribution in [0, 0.1) is 0 Å². The number of rotatable bonds is 5. The second kappa shape index (κ2) is 7.16. The number of carbonyl (C=O) groups excluding carboxylic acids is 1. The van der Waals surface area contributed by atoms with Gasteiger partial charge in [0.1, 0.15) is 5.69 Å². The van der Waals surface area contributed by atoms with Crippen molar-refractivity contribution in [3.63, 3.8) is 0 Å². The maximum Gasteiger partial charge on any atom is 0.274 e. The van der Waals surface area contributed by atoms with Gasteiger partial charge in [-0.05, 0) is 24.8 Å². The predicted octanol–water partition coefficient (Wildman–Crippen LogP) is 3.10. The SMILES string of the molecule is O=C(c1cnccn1)N(CCc1ccccc1)C1CCCC1. The summed E-state index contributed by atoms with van der Waals surface area (Å²) in [5, 5.41) is 0. The molecule has 114 valence electrons. The first kappa shape index (κ1) is 14.7. The molecule has 0 atom stereocenters. The van der Waals surface area contributed by atoms with Gasteiger partial charge in [-0.1, -0.05) is 43.2 Å². The molecule has 1 aromatic heterocycles. The highest BCUT2D eigenvalue weighted by molar-refractivity contribution is 5.92. The molecule has 1 heterocycles. The van der Waals surface area contributed by atoms with E-state index in [0.717, 1.165) is 25.8 Å². The molecule has 4 heteroatoms. The fourth-order valence-corrected chi connectivity index (χ4v) is 3.12. The molecule has 0 saturated heterocycles. The Labute approximate surface area is 131 Å². The molecule has 0 unspecified atom stereocenters. The molecule has 0 N–H and O–H groups in total. The molecule has 0 spiro atoms. The maximum atomic E-state index is 12.8. The van der Waals surface area contributed by atoms with Gasteiger partial charge < -0.3 is 4.90 Å². The molecular weight excluding hydrogens is 274 g/mol. The molecule has 1 aliphatic carbocycles. The second-order valence-electron chi connectivity index (χ2n) is 5.76. The summed E-state index contributed by atoms with van der Waals surface area (Å²) in [7, 11) is 0. The molecule has 22 heavy (non-hydrogen) atoms. The summed E-state index contributed by atoms with van der Waals surface area (Å²) in [5.74, 6) is 0.0101. The van der Waals surface area contributed by atoms with Gasteiger partial charge in [0.2, 0.25) is 0 Å². The Hall–Kier alpha value is -2.23. The first-order valence-corrected chi connectivity index (χ1v) is 7.95. The molecule has 2 aromatic rings. The Morgan fingerprint density at radius 3 is 2.59 bits per heavy atom. The quantitative estimate of drug-likeness (QED) is 0.851. The van der Waals surface area contributed by atoms with Crippen molar-refractivity contribution in [2.75, 3.05) is 6.54 Å². The van der Waals surface area contributed by atoms with Crippen molar-refractivity contribution in [1.29, 1.82) is 0 Å². The standard InChI is InChI=1S/C18H21N3O/c22-18(17-14-19-11-12-20-17)21(16-8-4-5-9-16)13-10-15-6-2-1-3-7-15/h1-3,6-7,11-12,14,16H,4-5,8-10,13H2. The molecular formula is C18H21N3O. The summed E-state index contributed by atoms with van der Waals surface area (Å²) in [6.45, 7) is 0.740. The van der Waals surface area contributed by atoms with Gasteiger partial charge in [0, 0.05) is 25.0 Å². The van der Waals surface area contributed by atoms with E-state index in [0.29, 0.717) is 11.7 Å². The molecule has 1 fully saturated rings. The minimum Gasteiger partial charge on any atom is -0.334 e. The van der Waals surface area contributed by atoms with Crippen LogP contribution in [0.2, 0.25) is 0 Å². The molecule has 4 nitrogen and oxygen atoms in total. The van der Waals surface area contributed by atoms with Crippen LogP contribution < -0.4 is 0 Å². The molecule has 0 bridgehead atoms. The molecule has 1 saturated carbocycles. The lowest BCUT2D eigenvalue weighted by Crippen LogP contribution is -2.40. The van der Waals surface area contributed by atoms with E-state index >= 15 is 0 Å². The molecule has 1 aromatic carbocycles. The highest BCUT2D eigenvalue weighted by Crippen LogP contribution is 2.25. The molecule has 3 rings (SSSR count). The highest BCUT2D eigenvalue weighted by atomic mass is 16.2. The minimum atomic E-state index is 0.0101. The first-order valence-electron chi connectivity index (χ1n) is 7.95. The fourth-order valence-electron chi connectivity index (χ4n) is 3.12. The molecule has 1 aliphatic rings. The minimum absolute atomic E-state index is 0.0101. The van der Waals surface area contributed by atoms with Gasteiger partial charge in [0.05, 0.1) is 6.20 Å². The zero-order valence-electron chi connectivity index (χ0n) is 12.7. The van der Waals surface area contributed by atoms with E-state index in [9.17, 15) is 4.79 Å². The number of amides is 1. The highest BCUT2D eigenvalue weighted by Gasteiger charge is 2.27. The van der Waals surface area contributed by atoms with Gasteiger partial charge in [-0.15, -0.1) is 0 Å². The van der Waals surface area contributed by atoms with Gasteiger partial charge >= 0.3 is 0 Å². The summed E-state index contributed by atoms with van der Waals surface area (Å²) in [6, 6.07) is 10.7. The Morgan fingerprint density at radius 2 is 1.91 bits per heavy atom. The fraction of sp³-hybridized carbons (Fsp3) is 0.389. The van der Waals surface area contributed by atoms with Crippen LogP contribution in [-0.4, -0.2) is 33.4 Å². The van der Waals surface area contributed by atoms with Crippen LogP contribution in [-0.2, 0) is 6.42 Å². The van der Waals surface area contributed by atoms with E-state index in [4.69, 9.17) is 0 Å². The third kappa shape index (κ3) is 3.50. The van der Waals surface area contributed by atoms with Crippen molar-refractivity contribution in [2.45, 2.75) is 38.1 Å². The molecule has 0 radical (unpaired) electrons. The van der Waals surface area contributed by atoms with E-state index in [1.165, 1.54) is 18.4 Å². The Bertz CT molecular complexity index is 594. The average molecular weight is 295 g/mol. The summed E-state index contributed by atoms with van der Waals surface area (Å²) >= 11 is 0. The maximum absolute atomic E-state index is 12.8. The van der Waals surface area contributed by atoms with Crippen molar-refractivity contribution in [1.82, 2.24) is 14.9 Å². The third-order valence-corrected chi connectivity index (χ3v) is 4.29. The normalized spacial score (nSPS) is 14.9. The second-order valence-corrected chi connectivity index (χ2v) is 5.76. The van der Waals surface area contributed by atoms with Crippen molar-refractivity contribution in [3.05, 3.63) is 60.2 Å². The number of hydrogen-bond acceptors (Lipinski definition) is 3. The van der Waals surface area contributed by atoms with Crippen molar-refractivity contribution in [2.24, 2.45) is 0 Å². The Kier molecular flexibility index (Phi) is 4.78. The summed E-state index contributed by atoms with van der Waals surface area (Å²) in [4.78, 5) is 23.0. The Balaban J connectivity index is 1.73. The van der Waals surface area contributed by atoms with Crippen molar-refractivity contribution >= 4 is 5.91 Å². The van der Waals surface area contributed by atoms with E-state index in [-0.39, 0.29) is 5.91 Å². The van der Waals surface area contributed by atoms with Gasteiger partial charge in [0.25, 0.3) is 5.91 Å². The van der Waals surface area contributed by atoms with E-state index in [1.807, 2.05) is 23.1 Å². The van der Waals surface area contributed by atoms with Gasteiger partial charge in [0.15, 0.2) is 0 Å². The Morgan fingerprint density at radius 1 is 1.14 bits per heavy atom. The molecule has 1 amide bonds. The van der Waals surface area contributed by atoms with Crippen molar-refractivity contribution in [3.8, 4) is 0 Å². The van der Waals surface area contributed by atoms with Crippen LogP contribution in [0.15, 0.2) is 48.9 Å².